The number of nitrogens with two attached hydrogens (primary N) is 1. The minimum atomic E-state index is -0.781. The number of nitrogens with one attached hydrogen (secondary N) is 8. The lowest BCUT2D eigenvalue weighted by atomic mass is 10.0. The lowest BCUT2D eigenvalue weighted by molar-refractivity contribution is 0.0691. The Bertz CT molecular complexity index is 3700. The van der Waals surface area contributed by atoms with Crippen molar-refractivity contribution in [2.45, 2.75) is 202 Å². The molecule has 8 bridgehead atoms. The number of nitrogens with zero attached hydrogens (tertiary/aromatic N) is 2. The highest BCUT2D eigenvalue weighted by molar-refractivity contribution is 6.06. The van der Waals surface area contributed by atoms with Crippen molar-refractivity contribution < 1.29 is 85.7 Å². The highest BCUT2D eigenvalue weighted by Gasteiger charge is 2.33. The summed E-state index contributed by atoms with van der Waals surface area (Å²) < 4.78 is 62.8. The van der Waals surface area contributed by atoms with E-state index in [0.29, 0.717) is 90.4 Å². The molecule has 12 aliphatic heterocycles. The minimum Gasteiger partial charge on any atom is -0.489 e. The third kappa shape index (κ3) is 32.2. The van der Waals surface area contributed by atoms with Crippen LogP contribution in [0.4, 0.5) is 0 Å². The first-order valence-electron chi connectivity index (χ1n) is 43.3. The Hall–Kier alpha value is -9.16. The molecule has 0 aromatic heterocycles. The standard InChI is InChI=1S/C88H137N11O18/c1-10-18-50-110-73-65(31-34-70(76(73)113-53-21-13-4)86(105)95-45-58-109-60-59-108-9)81(100)90-40-28-30-64-62-99-49-44-94-85(104)67-33-32-66(74(111-51-19-11-2)75(67)112-52-20-12-3)82(101)91-41-46-98(48-43-93-84(103)69-36-38-72(88(107)97-64)80(117-57-25-17-8)78(69)115-55-23-15-6)47-42-92-83(102)68-35-37-71(87(106)96-63(61-99)29-26-27-39-89)79(116-56-24-16-7)77(68)114-54-22-14-5/h31-38,63-64H,10-30,39-62,89H2,1-9H3,(H,90,100)(H,91,101)(H,92,102)(H,93,103)(H,94,104)(H,95,105)(H,96,106)(H,97,107)/t63-,64-/m0/s1. The van der Waals surface area contributed by atoms with Crippen molar-refractivity contribution in [1.29, 1.82) is 0 Å². The van der Waals surface area contributed by atoms with Gasteiger partial charge in [-0.2, -0.15) is 0 Å². The van der Waals surface area contributed by atoms with E-state index in [2.05, 4.69) is 47.4 Å². The number of rotatable bonds is 48. The monoisotopic (exact) mass is 1640 g/mol. The molecule has 12 heterocycles. The third-order valence-corrected chi connectivity index (χ3v) is 19.8. The molecule has 0 saturated carbocycles. The zero-order valence-corrected chi connectivity index (χ0v) is 71.4. The van der Waals surface area contributed by atoms with Crippen LogP contribution in [0.5, 0.6) is 46.0 Å². The normalized spacial score (nSPS) is 16.6. The molecule has 4 aromatic carbocycles. The van der Waals surface area contributed by atoms with Crippen molar-refractivity contribution in [3.8, 4) is 46.0 Å². The Morgan fingerprint density at radius 3 is 0.949 bits per heavy atom. The van der Waals surface area contributed by atoms with Crippen LogP contribution in [0.2, 0.25) is 0 Å². The second-order valence-electron chi connectivity index (χ2n) is 29.4. The van der Waals surface area contributed by atoms with Crippen molar-refractivity contribution in [2.75, 3.05) is 165 Å². The van der Waals surface area contributed by atoms with E-state index in [-0.39, 0.29) is 241 Å². The van der Waals surface area contributed by atoms with E-state index in [1.807, 2.05) is 60.3 Å². The van der Waals surface area contributed by atoms with E-state index in [0.717, 1.165) is 51.4 Å². The Morgan fingerprint density at radius 1 is 0.350 bits per heavy atom. The smallest absolute Gasteiger partial charge is 0.255 e. The van der Waals surface area contributed by atoms with Gasteiger partial charge in [-0.3, -0.25) is 48.2 Å². The second-order valence-corrected chi connectivity index (χ2v) is 29.4. The molecule has 2 unspecified atom stereocenters. The van der Waals surface area contributed by atoms with Gasteiger partial charge in [-0.15, -0.1) is 0 Å². The quantitative estimate of drug-likeness (QED) is 0.0186. The molecule has 0 spiro atoms. The molecule has 117 heavy (non-hydrogen) atoms. The first-order valence-corrected chi connectivity index (χ1v) is 43.3. The molecule has 4 aromatic rings. The summed E-state index contributed by atoms with van der Waals surface area (Å²) in [6.45, 7) is 20.8. The van der Waals surface area contributed by atoms with Crippen molar-refractivity contribution >= 4 is 47.3 Å². The van der Waals surface area contributed by atoms with Gasteiger partial charge < -0.3 is 95.6 Å². The molecule has 8 amide bonds. The van der Waals surface area contributed by atoms with Crippen molar-refractivity contribution in [1.82, 2.24) is 52.3 Å². The highest BCUT2D eigenvalue weighted by atomic mass is 16.5. The van der Waals surface area contributed by atoms with E-state index >= 15 is 14.4 Å². The molecule has 0 fully saturated rings. The van der Waals surface area contributed by atoms with Gasteiger partial charge in [-0.1, -0.05) is 113 Å². The van der Waals surface area contributed by atoms with Gasteiger partial charge in [0.05, 0.1) is 117 Å². The number of ether oxygens (including phenoxy) is 10. The lowest BCUT2D eigenvalue weighted by Gasteiger charge is -2.32. The van der Waals surface area contributed by atoms with E-state index in [1.165, 1.54) is 0 Å². The maximum atomic E-state index is 15.8. The summed E-state index contributed by atoms with van der Waals surface area (Å²) >= 11 is 0. The molecular formula is C88H137N11O18. The maximum Gasteiger partial charge on any atom is 0.255 e. The van der Waals surface area contributed by atoms with Crippen molar-refractivity contribution in [2.24, 2.45) is 5.73 Å². The Kier molecular flexibility index (Phi) is 46.5. The lowest BCUT2D eigenvalue weighted by Crippen LogP contribution is -2.51. The number of hydrogen-bond donors (Lipinski definition) is 9. The predicted molar refractivity (Wildman–Crippen MR) is 453 cm³/mol. The highest BCUT2D eigenvalue weighted by Crippen LogP contribution is 2.41. The van der Waals surface area contributed by atoms with Gasteiger partial charge in [0.15, 0.2) is 46.0 Å². The summed E-state index contributed by atoms with van der Waals surface area (Å²) in [4.78, 5) is 124. The number of benzene rings is 4. The number of carbonyl (C=O) groups excluding carboxylic acids is 8. The van der Waals surface area contributed by atoms with Gasteiger partial charge in [0.1, 0.15) is 0 Å². The summed E-state index contributed by atoms with van der Waals surface area (Å²) in [5, 5.41) is 25.2. The van der Waals surface area contributed by atoms with Crippen LogP contribution in [-0.4, -0.2) is 234 Å². The van der Waals surface area contributed by atoms with Crippen LogP contribution in [0.1, 0.15) is 273 Å². The largest absolute Gasteiger partial charge is 0.489 e. The van der Waals surface area contributed by atoms with Crippen LogP contribution in [0.3, 0.4) is 0 Å². The number of methoxy groups -OCH3 is 1. The van der Waals surface area contributed by atoms with Crippen molar-refractivity contribution in [3.05, 3.63) is 93.0 Å². The fourth-order valence-corrected chi connectivity index (χ4v) is 13.0. The van der Waals surface area contributed by atoms with Gasteiger partial charge in [-0.05, 0) is 132 Å². The van der Waals surface area contributed by atoms with Gasteiger partial charge in [0.25, 0.3) is 47.3 Å². The van der Waals surface area contributed by atoms with Crippen LogP contribution < -0.4 is 86.2 Å². The fraction of sp³-hybridized carbons (Fsp3) is 0.636. The fourth-order valence-electron chi connectivity index (χ4n) is 13.0. The van der Waals surface area contributed by atoms with Crippen molar-refractivity contribution in [3.63, 3.8) is 0 Å². The predicted octanol–water partition coefficient (Wildman–Crippen LogP) is 11.0. The molecule has 652 valence electrons. The maximum absolute atomic E-state index is 15.8. The van der Waals surface area contributed by atoms with Gasteiger partial charge in [-0.25, -0.2) is 0 Å². The minimum absolute atomic E-state index is 0.00352. The molecule has 29 heteroatoms. The molecule has 0 aliphatic carbocycles. The third-order valence-electron chi connectivity index (χ3n) is 19.8. The first kappa shape index (κ1) is 96.7. The molecule has 12 aliphatic rings. The second kappa shape index (κ2) is 56.3. The zero-order valence-electron chi connectivity index (χ0n) is 71.4. The molecule has 16 rings (SSSR count). The van der Waals surface area contributed by atoms with Crippen LogP contribution >= 0.6 is 0 Å². The number of carbonyl (C=O) groups is 8. The van der Waals surface area contributed by atoms with E-state index in [4.69, 9.17) is 53.1 Å². The SMILES string of the molecule is CCCCOc1c(C(=O)NCCC[C@H]2CN3CCNC(=O)c4ccc(c(OCCCC)c4OCCCC)C(=O)NCCN(CCNC(=O)c4ccc(c(OCCCC)c4OCCCC)C(=O)N[C@@H](CCCCN)C3)CCNC(=O)c3ccc(c(OCCCC)c3OCCCC)C(=O)N2)ccc(C(=O)NCCOCCOC)c1OCCCC. The van der Waals surface area contributed by atoms with E-state index < -0.39 is 59.3 Å². The summed E-state index contributed by atoms with van der Waals surface area (Å²) in [6.07, 6.45) is 13.4. The van der Waals surface area contributed by atoms with E-state index in [1.54, 1.807) is 55.6 Å². The van der Waals surface area contributed by atoms with Gasteiger partial charge in [0.2, 0.25) is 0 Å². The molecule has 0 radical (unpaired) electrons. The number of hydrogen-bond acceptors (Lipinski definition) is 21. The summed E-state index contributed by atoms with van der Waals surface area (Å²) in [5.74, 6) is -3.07. The van der Waals surface area contributed by atoms with E-state index in [9.17, 15) is 24.0 Å². The number of unbranched alkanes of at least 4 members (excludes halogenated alkanes) is 9. The average molecular weight is 1640 g/mol. The van der Waals surface area contributed by atoms with Gasteiger partial charge in [0, 0.05) is 97.7 Å². The molecule has 10 N–H and O–H groups in total. The molecule has 4 atom stereocenters. The molecule has 29 nitrogen and oxygen atoms in total. The Morgan fingerprint density at radius 2 is 0.641 bits per heavy atom. The summed E-state index contributed by atoms with van der Waals surface area (Å²) in [5.41, 5.74) is 7.36. The van der Waals surface area contributed by atoms with Crippen LogP contribution in [-0.2, 0) is 9.47 Å². The average Bonchev–Trinajstić information content (AvgIpc) is 0.771. The number of amides is 8. The van der Waals surface area contributed by atoms with Crippen LogP contribution in [0.25, 0.3) is 0 Å². The Labute approximate surface area is 694 Å². The topological polar surface area (TPSA) is 358 Å². The zero-order chi connectivity index (χ0) is 84.4. The summed E-state index contributed by atoms with van der Waals surface area (Å²) in [6, 6.07) is 11.1. The summed E-state index contributed by atoms with van der Waals surface area (Å²) in [7, 11) is 1.58. The first-order chi connectivity index (χ1) is 57.1. The van der Waals surface area contributed by atoms with Crippen LogP contribution in [0, 0.1) is 0 Å². The molecule has 0 saturated heterocycles. The molecular weight excluding hydrogens is 1500 g/mol. The van der Waals surface area contributed by atoms with Crippen LogP contribution in [0.15, 0.2) is 48.5 Å². The Balaban J connectivity index is 1.59. The van der Waals surface area contributed by atoms with Gasteiger partial charge >= 0.3 is 0 Å².